The second-order valence-corrected chi connectivity index (χ2v) is 4.61. The molecule has 0 saturated heterocycles. The molecule has 1 aromatic heterocycles. The Bertz CT molecular complexity index is 234. The molecule has 0 aliphatic heterocycles. The van der Waals surface area contributed by atoms with Crippen molar-refractivity contribution in [2.45, 2.75) is 39.2 Å². The lowest BCUT2D eigenvalue weighted by molar-refractivity contribution is 0.464. The summed E-state index contributed by atoms with van der Waals surface area (Å²) in [5, 5.41) is 9.40. The summed E-state index contributed by atoms with van der Waals surface area (Å²) in [6.07, 6.45) is 3.69. The van der Waals surface area contributed by atoms with Crippen molar-refractivity contribution in [1.82, 2.24) is 14.9 Å². The van der Waals surface area contributed by atoms with Crippen LogP contribution in [0.4, 0.5) is 0 Å². The van der Waals surface area contributed by atoms with Crippen molar-refractivity contribution in [2.24, 2.45) is 5.92 Å². The molecule has 0 aliphatic carbocycles. The van der Waals surface area contributed by atoms with Gasteiger partial charge in [-0.15, -0.1) is 5.10 Å². The van der Waals surface area contributed by atoms with Crippen LogP contribution in [0.2, 0.25) is 0 Å². The van der Waals surface area contributed by atoms with Crippen LogP contribution in [0.25, 0.3) is 0 Å². The van der Waals surface area contributed by atoms with Crippen LogP contribution in [-0.2, 0) is 0 Å². The van der Waals surface area contributed by atoms with Gasteiger partial charge in [-0.2, -0.15) is 0 Å². The highest BCUT2D eigenvalue weighted by molar-refractivity contribution is 7.03. The third-order valence-corrected chi connectivity index (χ3v) is 2.88. The van der Waals surface area contributed by atoms with Crippen molar-refractivity contribution >= 4 is 11.5 Å². The molecule has 3 nitrogen and oxygen atoms in total. The largest absolute Gasteiger partial charge is 0.312 e. The van der Waals surface area contributed by atoms with Gasteiger partial charge >= 0.3 is 0 Å². The van der Waals surface area contributed by atoms with Crippen LogP contribution in [-0.4, -0.2) is 16.6 Å². The second kappa shape index (κ2) is 6.09. The summed E-state index contributed by atoms with van der Waals surface area (Å²) in [5.41, 5.74) is 1.08. The number of nitrogens with zero attached hydrogens (tertiary/aromatic N) is 2. The van der Waals surface area contributed by atoms with Crippen molar-refractivity contribution in [3.63, 3.8) is 0 Å². The Morgan fingerprint density at radius 3 is 2.71 bits per heavy atom. The van der Waals surface area contributed by atoms with Gasteiger partial charge in [0.25, 0.3) is 0 Å². The molecule has 0 aliphatic rings. The summed E-state index contributed by atoms with van der Waals surface area (Å²) in [7, 11) is 1.99. The van der Waals surface area contributed by atoms with E-state index in [9.17, 15) is 0 Å². The molecular weight excluding hydrogens is 194 g/mol. The van der Waals surface area contributed by atoms with Gasteiger partial charge in [-0.25, -0.2) is 0 Å². The molecular formula is C10H19N3S. The minimum atomic E-state index is 0.382. The number of hydrogen-bond acceptors (Lipinski definition) is 4. The van der Waals surface area contributed by atoms with E-state index >= 15 is 0 Å². The molecule has 0 spiro atoms. The van der Waals surface area contributed by atoms with Crippen molar-refractivity contribution in [3.05, 3.63) is 11.1 Å². The van der Waals surface area contributed by atoms with Gasteiger partial charge < -0.3 is 5.32 Å². The highest BCUT2D eigenvalue weighted by Gasteiger charge is 2.11. The van der Waals surface area contributed by atoms with Crippen LogP contribution < -0.4 is 5.32 Å². The highest BCUT2D eigenvalue weighted by Crippen LogP contribution is 2.19. The summed E-state index contributed by atoms with van der Waals surface area (Å²) in [6, 6.07) is 0.382. The smallest absolute Gasteiger partial charge is 0.0924 e. The topological polar surface area (TPSA) is 37.8 Å². The van der Waals surface area contributed by atoms with Crippen LogP contribution in [0.1, 0.15) is 44.8 Å². The van der Waals surface area contributed by atoms with E-state index in [0.29, 0.717) is 6.04 Å². The van der Waals surface area contributed by atoms with Gasteiger partial charge in [0, 0.05) is 5.38 Å². The predicted octanol–water partition coefficient (Wildman–Crippen LogP) is 2.62. The maximum absolute atomic E-state index is 4.09. The Labute approximate surface area is 90.1 Å². The van der Waals surface area contributed by atoms with Gasteiger partial charge in [0.15, 0.2) is 0 Å². The molecule has 0 fully saturated rings. The first-order valence-electron chi connectivity index (χ1n) is 5.18. The average molecular weight is 213 g/mol. The van der Waals surface area contributed by atoms with E-state index in [1.165, 1.54) is 24.4 Å². The summed E-state index contributed by atoms with van der Waals surface area (Å²) >= 11 is 1.42. The number of nitrogens with one attached hydrogen (secondary N) is 1. The standard InChI is InChI=1S/C10H19N3S/c1-8(2)5-4-6-9(11-3)10-7-14-13-12-10/h7-9,11H,4-6H2,1-3H3. The van der Waals surface area contributed by atoms with E-state index in [-0.39, 0.29) is 0 Å². The van der Waals surface area contributed by atoms with E-state index in [0.717, 1.165) is 18.0 Å². The maximum atomic E-state index is 4.09. The molecule has 1 unspecified atom stereocenters. The fourth-order valence-corrected chi connectivity index (χ4v) is 2.00. The monoisotopic (exact) mass is 213 g/mol. The second-order valence-electron chi connectivity index (χ2n) is 4.00. The Hall–Kier alpha value is -0.480. The average Bonchev–Trinajstić information content (AvgIpc) is 2.64. The van der Waals surface area contributed by atoms with Gasteiger partial charge in [0.05, 0.1) is 11.7 Å². The normalized spacial score (nSPS) is 13.4. The molecule has 14 heavy (non-hydrogen) atoms. The SMILES string of the molecule is CNC(CCCC(C)C)c1csnn1. The Balaban J connectivity index is 2.33. The first-order valence-corrected chi connectivity index (χ1v) is 6.02. The summed E-state index contributed by atoms with van der Waals surface area (Å²) < 4.78 is 3.89. The van der Waals surface area contributed by atoms with E-state index < -0.39 is 0 Å². The van der Waals surface area contributed by atoms with Crippen molar-refractivity contribution in [2.75, 3.05) is 7.05 Å². The molecule has 0 bridgehead atoms. The minimum absolute atomic E-state index is 0.382. The van der Waals surface area contributed by atoms with Crippen LogP contribution in [0.5, 0.6) is 0 Å². The first-order chi connectivity index (χ1) is 6.74. The Morgan fingerprint density at radius 2 is 2.21 bits per heavy atom. The van der Waals surface area contributed by atoms with Crippen LogP contribution in [0.3, 0.4) is 0 Å². The van der Waals surface area contributed by atoms with Crippen molar-refractivity contribution in [3.8, 4) is 0 Å². The van der Waals surface area contributed by atoms with E-state index in [2.05, 4.69) is 28.8 Å². The quantitative estimate of drug-likeness (QED) is 0.789. The molecule has 0 saturated carbocycles. The van der Waals surface area contributed by atoms with Gasteiger partial charge in [-0.1, -0.05) is 31.2 Å². The van der Waals surface area contributed by atoms with Gasteiger partial charge in [0.2, 0.25) is 0 Å². The Morgan fingerprint density at radius 1 is 1.43 bits per heavy atom. The highest BCUT2D eigenvalue weighted by atomic mass is 32.1. The fourth-order valence-electron chi connectivity index (χ4n) is 1.49. The molecule has 1 aromatic rings. The number of rotatable bonds is 6. The molecule has 0 aromatic carbocycles. The van der Waals surface area contributed by atoms with Gasteiger partial charge in [-0.3, -0.25) is 0 Å². The molecule has 1 rings (SSSR count). The molecule has 0 radical (unpaired) electrons. The molecule has 1 N–H and O–H groups in total. The Kier molecular flexibility index (Phi) is 5.04. The van der Waals surface area contributed by atoms with Crippen LogP contribution in [0.15, 0.2) is 5.38 Å². The zero-order chi connectivity index (χ0) is 10.4. The van der Waals surface area contributed by atoms with E-state index in [1.54, 1.807) is 0 Å². The van der Waals surface area contributed by atoms with Crippen molar-refractivity contribution < 1.29 is 0 Å². The minimum Gasteiger partial charge on any atom is -0.312 e. The lowest BCUT2D eigenvalue weighted by Gasteiger charge is -2.13. The molecule has 4 heteroatoms. The summed E-state index contributed by atoms with van der Waals surface area (Å²) in [6.45, 7) is 4.53. The number of hydrogen-bond donors (Lipinski definition) is 1. The van der Waals surface area contributed by atoms with Crippen LogP contribution >= 0.6 is 11.5 Å². The molecule has 0 amide bonds. The fraction of sp³-hybridized carbons (Fsp3) is 0.800. The van der Waals surface area contributed by atoms with Crippen molar-refractivity contribution in [1.29, 1.82) is 0 Å². The number of aromatic nitrogens is 2. The molecule has 1 heterocycles. The van der Waals surface area contributed by atoms with E-state index in [4.69, 9.17) is 0 Å². The zero-order valence-corrected chi connectivity index (χ0v) is 9.97. The van der Waals surface area contributed by atoms with Gasteiger partial charge in [0.1, 0.15) is 0 Å². The lowest BCUT2D eigenvalue weighted by atomic mass is 10.0. The van der Waals surface area contributed by atoms with Gasteiger partial charge in [-0.05, 0) is 30.9 Å². The first kappa shape index (κ1) is 11.6. The predicted molar refractivity (Wildman–Crippen MR) is 60.4 cm³/mol. The van der Waals surface area contributed by atoms with Crippen LogP contribution in [0, 0.1) is 5.92 Å². The maximum Gasteiger partial charge on any atom is 0.0924 e. The lowest BCUT2D eigenvalue weighted by Crippen LogP contribution is -2.16. The summed E-state index contributed by atoms with van der Waals surface area (Å²) in [5.74, 6) is 0.793. The molecule has 1 atom stereocenters. The third kappa shape index (κ3) is 3.72. The summed E-state index contributed by atoms with van der Waals surface area (Å²) in [4.78, 5) is 0. The molecule has 80 valence electrons. The third-order valence-electron chi connectivity index (χ3n) is 2.36. The zero-order valence-electron chi connectivity index (χ0n) is 9.16. The van der Waals surface area contributed by atoms with E-state index in [1.807, 2.05) is 12.4 Å².